The highest BCUT2D eigenvalue weighted by Crippen LogP contribution is 2.12. The van der Waals surface area contributed by atoms with Crippen molar-refractivity contribution in [2.75, 3.05) is 20.3 Å². The molecule has 0 heterocycles. The lowest BCUT2D eigenvalue weighted by atomic mass is 10.1. The number of ether oxygens (including phenoxy) is 1. The van der Waals surface area contributed by atoms with Gasteiger partial charge < -0.3 is 20.9 Å². The second-order valence-corrected chi connectivity index (χ2v) is 4.23. The number of benzene rings is 1. The van der Waals surface area contributed by atoms with Gasteiger partial charge in [0, 0.05) is 13.7 Å². The van der Waals surface area contributed by atoms with Crippen molar-refractivity contribution >= 4 is 18.3 Å². The van der Waals surface area contributed by atoms with E-state index in [9.17, 15) is 9.90 Å². The van der Waals surface area contributed by atoms with Gasteiger partial charge in [0.05, 0.1) is 12.7 Å². The van der Waals surface area contributed by atoms with Crippen LogP contribution in [0.4, 0.5) is 0 Å². The standard InChI is InChI=1S/C13H20N2O3.ClH/c1-9-3-5-10(6-4-9)12(16)7-15-13(17)11(14)8-18-2;/h3-6,11-12,16H,7-8,14H2,1-2H3,(H,15,17);1H. The molecule has 2 atom stereocenters. The minimum atomic E-state index is -0.732. The first-order chi connectivity index (χ1) is 8.54. The molecule has 19 heavy (non-hydrogen) atoms. The summed E-state index contributed by atoms with van der Waals surface area (Å²) in [5.41, 5.74) is 7.44. The van der Waals surface area contributed by atoms with Crippen LogP contribution in [0.3, 0.4) is 0 Å². The average molecular weight is 289 g/mol. The van der Waals surface area contributed by atoms with Crippen molar-refractivity contribution in [2.24, 2.45) is 5.73 Å². The van der Waals surface area contributed by atoms with Crippen molar-refractivity contribution in [1.82, 2.24) is 5.32 Å². The van der Waals surface area contributed by atoms with E-state index >= 15 is 0 Å². The number of carbonyl (C=O) groups is 1. The molecule has 0 saturated heterocycles. The van der Waals surface area contributed by atoms with Gasteiger partial charge in [0.15, 0.2) is 0 Å². The number of rotatable bonds is 6. The number of aliphatic hydroxyl groups is 1. The summed E-state index contributed by atoms with van der Waals surface area (Å²) in [6.07, 6.45) is -0.732. The molecule has 1 aromatic carbocycles. The third kappa shape index (κ3) is 6.02. The van der Waals surface area contributed by atoms with Crippen LogP contribution in [0.15, 0.2) is 24.3 Å². The quantitative estimate of drug-likeness (QED) is 0.713. The first-order valence-electron chi connectivity index (χ1n) is 5.81. The summed E-state index contributed by atoms with van der Waals surface area (Å²) in [6, 6.07) is 6.79. The molecule has 1 rings (SSSR count). The lowest BCUT2D eigenvalue weighted by Gasteiger charge is -2.15. The predicted octanol–water partition coefficient (Wildman–Crippen LogP) is 0.540. The van der Waals surface area contributed by atoms with Crippen LogP contribution < -0.4 is 11.1 Å². The van der Waals surface area contributed by atoms with Crippen molar-refractivity contribution in [3.8, 4) is 0 Å². The van der Waals surface area contributed by atoms with Crippen LogP contribution in [0.2, 0.25) is 0 Å². The highest BCUT2D eigenvalue weighted by molar-refractivity contribution is 5.85. The van der Waals surface area contributed by atoms with Crippen LogP contribution in [-0.4, -0.2) is 37.3 Å². The summed E-state index contributed by atoms with van der Waals surface area (Å²) in [7, 11) is 1.48. The lowest BCUT2D eigenvalue weighted by molar-refractivity contribution is -0.123. The predicted molar refractivity (Wildman–Crippen MR) is 76.2 cm³/mol. The van der Waals surface area contributed by atoms with E-state index in [4.69, 9.17) is 10.5 Å². The second-order valence-electron chi connectivity index (χ2n) is 4.23. The molecule has 5 nitrogen and oxygen atoms in total. The number of halogens is 1. The summed E-state index contributed by atoms with van der Waals surface area (Å²) in [5.74, 6) is -0.331. The molecule has 0 aliphatic carbocycles. The summed E-state index contributed by atoms with van der Waals surface area (Å²) in [5, 5.41) is 12.5. The Hall–Kier alpha value is -1.14. The van der Waals surface area contributed by atoms with Gasteiger partial charge in [-0.3, -0.25) is 4.79 Å². The van der Waals surface area contributed by atoms with E-state index in [1.54, 1.807) is 0 Å². The van der Waals surface area contributed by atoms with Crippen molar-refractivity contribution in [2.45, 2.75) is 19.1 Å². The number of hydrogen-bond donors (Lipinski definition) is 3. The van der Waals surface area contributed by atoms with Crippen LogP contribution in [0.25, 0.3) is 0 Å². The van der Waals surface area contributed by atoms with Gasteiger partial charge in [-0.15, -0.1) is 12.4 Å². The molecule has 0 aliphatic rings. The zero-order valence-corrected chi connectivity index (χ0v) is 11.9. The Kier molecular flexibility index (Phi) is 8.34. The fraction of sp³-hybridized carbons (Fsp3) is 0.462. The first-order valence-corrected chi connectivity index (χ1v) is 5.81. The van der Waals surface area contributed by atoms with E-state index in [0.717, 1.165) is 11.1 Å². The molecular formula is C13H21ClN2O3. The van der Waals surface area contributed by atoms with Gasteiger partial charge in [0.2, 0.25) is 5.91 Å². The van der Waals surface area contributed by atoms with E-state index in [-0.39, 0.29) is 31.5 Å². The average Bonchev–Trinajstić information content (AvgIpc) is 2.36. The largest absolute Gasteiger partial charge is 0.387 e. The highest BCUT2D eigenvalue weighted by Gasteiger charge is 2.14. The molecule has 0 spiro atoms. The zero-order valence-electron chi connectivity index (χ0n) is 11.1. The Morgan fingerprint density at radius 2 is 2.00 bits per heavy atom. The minimum absolute atomic E-state index is 0. The Bertz CT molecular complexity index is 384. The number of aliphatic hydroxyl groups excluding tert-OH is 1. The van der Waals surface area contributed by atoms with Gasteiger partial charge in [0.1, 0.15) is 6.04 Å². The first kappa shape index (κ1) is 17.9. The summed E-state index contributed by atoms with van der Waals surface area (Å²) in [4.78, 5) is 11.5. The Morgan fingerprint density at radius 1 is 1.42 bits per heavy atom. The maximum atomic E-state index is 11.5. The monoisotopic (exact) mass is 288 g/mol. The van der Waals surface area contributed by atoms with Crippen molar-refractivity contribution in [3.63, 3.8) is 0 Å². The number of carbonyl (C=O) groups excluding carboxylic acids is 1. The molecule has 4 N–H and O–H groups in total. The Labute approximate surface area is 119 Å². The van der Waals surface area contributed by atoms with E-state index in [1.807, 2.05) is 31.2 Å². The van der Waals surface area contributed by atoms with Gasteiger partial charge in [-0.25, -0.2) is 0 Å². The van der Waals surface area contributed by atoms with Gasteiger partial charge in [-0.2, -0.15) is 0 Å². The fourth-order valence-electron chi connectivity index (χ4n) is 1.49. The normalized spacial score (nSPS) is 13.3. The maximum absolute atomic E-state index is 11.5. The van der Waals surface area contributed by atoms with Crippen LogP contribution in [0, 0.1) is 6.92 Å². The molecule has 1 amide bonds. The molecular weight excluding hydrogens is 268 g/mol. The molecule has 1 aromatic rings. The van der Waals surface area contributed by atoms with Crippen molar-refractivity contribution in [1.29, 1.82) is 0 Å². The summed E-state index contributed by atoms with van der Waals surface area (Å²) >= 11 is 0. The molecule has 0 bridgehead atoms. The van der Waals surface area contributed by atoms with Gasteiger partial charge in [-0.1, -0.05) is 29.8 Å². The number of nitrogens with one attached hydrogen (secondary N) is 1. The van der Waals surface area contributed by atoms with E-state index in [1.165, 1.54) is 7.11 Å². The zero-order chi connectivity index (χ0) is 13.5. The van der Waals surface area contributed by atoms with Crippen LogP contribution >= 0.6 is 12.4 Å². The maximum Gasteiger partial charge on any atom is 0.239 e. The van der Waals surface area contributed by atoms with Crippen LogP contribution in [0.5, 0.6) is 0 Å². The number of aryl methyl sites for hydroxylation is 1. The fourth-order valence-corrected chi connectivity index (χ4v) is 1.49. The molecule has 0 aliphatic heterocycles. The van der Waals surface area contributed by atoms with Crippen molar-refractivity contribution in [3.05, 3.63) is 35.4 Å². The van der Waals surface area contributed by atoms with Crippen LogP contribution in [0.1, 0.15) is 17.2 Å². The van der Waals surface area contributed by atoms with E-state index in [0.29, 0.717) is 0 Å². The second kappa shape index (κ2) is 8.87. The highest BCUT2D eigenvalue weighted by atomic mass is 35.5. The number of hydrogen-bond acceptors (Lipinski definition) is 4. The molecule has 6 heteroatoms. The topological polar surface area (TPSA) is 84.6 Å². The molecule has 0 aromatic heterocycles. The van der Waals surface area contributed by atoms with Crippen LogP contribution in [-0.2, 0) is 9.53 Å². The summed E-state index contributed by atoms with van der Waals surface area (Å²) < 4.78 is 4.78. The smallest absolute Gasteiger partial charge is 0.239 e. The van der Waals surface area contributed by atoms with E-state index < -0.39 is 12.1 Å². The lowest BCUT2D eigenvalue weighted by Crippen LogP contribution is -2.44. The minimum Gasteiger partial charge on any atom is -0.387 e. The molecule has 0 saturated carbocycles. The Morgan fingerprint density at radius 3 is 2.53 bits per heavy atom. The van der Waals surface area contributed by atoms with Gasteiger partial charge in [0.25, 0.3) is 0 Å². The number of methoxy groups -OCH3 is 1. The third-order valence-electron chi connectivity index (χ3n) is 2.61. The SMILES string of the molecule is COCC(N)C(=O)NCC(O)c1ccc(C)cc1.Cl. The number of amides is 1. The third-order valence-corrected chi connectivity index (χ3v) is 2.61. The molecule has 108 valence electrons. The molecule has 0 radical (unpaired) electrons. The molecule has 0 fully saturated rings. The Balaban J connectivity index is 0.00000324. The number of nitrogens with two attached hydrogens (primary N) is 1. The van der Waals surface area contributed by atoms with Gasteiger partial charge in [-0.05, 0) is 12.5 Å². The molecule has 2 unspecified atom stereocenters. The van der Waals surface area contributed by atoms with Gasteiger partial charge >= 0.3 is 0 Å². The van der Waals surface area contributed by atoms with Crippen molar-refractivity contribution < 1.29 is 14.6 Å². The van der Waals surface area contributed by atoms with E-state index in [2.05, 4.69) is 5.32 Å². The summed E-state index contributed by atoms with van der Waals surface area (Å²) in [6.45, 7) is 2.27.